The number of hydrogen-bond acceptors (Lipinski definition) is 3. The molecule has 5 nitrogen and oxygen atoms in total. The first-order valence-electron chi connectivity index (χ1n) is 5.15. The lowest BCUT2D eigenvalue weighted by atomic mass is 10.1. The van der Waals surface area contributed by atoms with Crippen LogP contribution in [-0.2, 0) is 20.7 Å². The van der Waals surface area contributed by atoms with Gasteiger partial charge in [0.15, 0.2) is 6.10 Å². The summed E-state index contributed by atoms with van der Waals surface area (Å²) in [5, 5.41) is 11.5. The van der Waals surface area contributed by atoms with Gasteiger partial charge in [-0.05, 0) is 17.7 Å². The van der Waals surface area contributed by atoms with E-state index < -0.39 is 12.1 Å². The van der Waals surface area contributed by atoms with Gasteiger partial charge in [-0.15, -0.1) is 0 Å². The molecule has 0 aliphatic carbocycles. The van der Waals surface area contributed by atoms with Crippen molar-refractivity contribution in [3.8, 4) is 0 Å². The highest BCUT2D eigenvalue weighted by Crippen LogP contribution is 2.12. The lowest BCUT2D eigenvalue weighted by Gasteiger charge is -2.10. The van der Waals surface area contributed by atoms with Gasteiger partial charge in [0, 0.05) is 26.1 Å². The number of carbonyl (C=O) groups is 2. The van der Waals surface area contributed by atoms with E-state index in [4.69, 9.17) is 9.84 Å². The van der Waals surface area contributed by atoms with Crippen molar-refractivity contribution in [2.75, 3.05) is 12.4 Å². The van der Waals surface area contributed by atoms with Gasteiger partial charge in [-0.2, -0.15) is 0 Å². The first kappa shape index (κ1) is 13.2. The van der Waals surface area contributed by atoms with Gasteiger partial charge in [-0.25, -0.2) is 4.79 Å². The van der Waals surface area contributed by atoms with Crippen LogP contribution in [0.5, 0.6) is 0 Å². The van der Waals surface area contributed by atoms with Crippen molar-refractivity contribution in [2.24, 2.45) is 0 Å². The van der Waals surface area contributed by atoms with E-state index in [2.05, 4.69) is 5.32 Å². The molecular weight excluding hydrogens is 222 g/mol. The highest BCUT2D eigenvalue weighted by atomic mass is 16.5. The van der Waals surface area contributed by atoms with Crippen LogP contribution < -0.4 is 5.32 Å². The smallest absolute Gasteiger partial charge is 0.333 e. The van der Waals surface area contributed by atoms with E-state index in [0.717, 1.165) is 5.56 Å². The summed E-state index contributed by atoms with van der Waals surface area (Å²) in [6.07, 6.45) is -0.548. The summed E-state index contributed by atoms with van der Waals surface area (Å²) in [6, 6.07) is 6.98. The third-order valence-electron chi connectivity index (χ3n) is 2.26. The fourth-order valence-corrected chi connectivity index (χ4v) is 1.41. The topological polar surface area (TPSA) is 75.6 Å². The standard InChI is InChI=1S/C12H15NO4/c1-8(14)13-10-5-3-9(4-6-10)7-11(17-2)12(15)16/h3-6,11H,7H2,1-2H3,(H,13,14)(H,15,16). The van der Waals surface area contributed by atoms with Crippen LogP contribution in [-0.4, -0.2) is 30.2 Å². The summed E-state index contributed by atoms with van der Waals surface area (Å²) in [6.45, 7) is 1.43. The summed E-state index contributed by atoms with van der Waals surface area (Å²) in [4.78, 5) is 21.6. The molecule has 0 aromatic heterocycles. The second-order valence-electron chi connectivity index (χ2n) is 3.64. The van der Waals surface area contributed by atoms with E-state index in [-0.39, 0.29) is 5.91 Å². The third-order valence-corrected chi connectivity index (χ3v) is 2.26. The summed E-state index contributed by atoms with van der Waals surface area (Å²) in [5.74, 6) is -1.13. The second-order valence-corrected chi connectivity index (χ2v) is 3.64. The van der Waals surface area contributed by atoms with Gasteiger partial charge < -0.3 is 15.2 Å². The number of nitrogens with one attached hydrogen (secondary N) is 1. The fraction of sp³-hybridized carbons (Fsp3) is 0.333. The van der Waals surface area contributed by atoms with Crippen molar-refractivity contribution in [1.82, 2.24) is 0 Å². The molecule has 0 bridgehead atoms. The molecule has 0 aliphatic rings. The first-order valence-corrected chi connectivity index (χ1v) is 5.15. The molecule has 0 heterocycles. The molecule has 17 heavy (non-hydrogen) atoms. The Labute approximate surface area is 99.4 Å². The van der Waals surface area contributed by atoms with Crippen LogP contribution in [0, 0.1) is 0 Å². The lowest BCUT2D eigenvalue weighted by molar-refractivity contribution is -0.148. The Morgan fingerprint density at radius 2 is 1.94 bits per heavy atom. The van der Waals surface area contributed by atoms with Crippen LogP contribution in [0.4, 0.5) is 5.69 Å². The average molecular weight is 237 g/mol. The molecule has 0 aliphatic heterocycles. The van der Waals surface area contributed by atoms with E-state index in [1.807, 2.05) is 0 Å². The Hall–Kier alpha value is -1.88. The Morgan fingerprint density at radius 3 is 2.35 bits per heavy atom. The summed E-state index contributed by atoms with van der Waals surface area (Å²) in [5.41, 5.74) is 1.53. The fourth-order valence-electron chi connectivity index (χ4n) is 1.41. The molecule has 5 heteroatoms. The van der Waals surface area contributed by atoms with Crippen LogP contribution in [0.1, 0.15) is 12.5 Å². The minimum atomic E-state index is -0.988. The van der Waals surface area contributed by atoms with Crippen molar-refractivity contribution in [2.45, 2.75) is 19.4 Å². The predicted molar refractivity (Wildman–Crippen MR) is 62.9 cm³/mol. The Kier molecular flexibility index (Phi) is 4.66. The molecule has 1 amide bonds. The van der Waals surface area contributed by atoms with Crippen molar-refractivity contribution in [3.05, 3.63) is 29.8 Å². The van der Waals surface area contributed by atoms with Gasteiger partial charge in [0.2, 0.25) is 5.91 Å². The van der Waals surface area contributed by atoms with E-state index in [1.165, 1.54) is 14.0 Å². The van der Waals surface area contributed by atoms with E-state index in [9.17, 15) is 9.59 Å². The SMILES string of the molecule is COC(Cc1ccc(NC(C)=O)cc1)C(=O)O. The molecule has 92 valence electrons. The van der Waals surface area contributed by atoms with E-state index in [1.54, 1.807) is 24.3 Å². The maximum absolute atomic E-state index is 10.8. The van der Waals surface area contributed by atoms with E-state index >= 15 is 0 Å². The number of carboxylic acid groups (broad SMARTS) is 1. The molecule has 1 aromatic rings. The van der Waals surface area contributed by atoms with Gasteiger partial charge in [-0.3, -0.25) is 4.79 Å². The molecule has 2 N–H and O–H groups in total. The Balaban J connectivity index is 2.67. The Morgan fingerprint density at radius 1 is 1.35 bits per heavy atom. The monoisotopic (exact) mass is 237 g/mol. The first-order chi connectivity index (χ1) is 8.02. The molecule has 0 radical (unpaired) electrons. The van der Waals surface area contributed by atoms with Gasteiger partial charge in [0.1, 0.15) is 0 Å². The van der Waals surface area contributed by atoms with Crippen molar-refractivity contribution >= 4 is 17.6 Å². The third kappa shape index (κ3) is 4.24. The normalized spacial score (nSPS) is 11.9. The average Bonchev–Trinajstić information content (AvgIpc) is 2.26. The maximum atomic E-state index is 10.8. The van der Waals surface area contributed by atoms with Gasteiger partial charge in [-0.1, -0.05) is 12.1 Å². The number of aliphatic carboxylic acids is 1. The van der Waals surface area contributed by atoms with Crippen molar-refractivity contribution in [1.29, 1.82) is 0 Å². The molecule has 1 unspecified atom stereocenters. The Bertz CT molecular complexity index is 399. The summed E-state index contributed by atoms with van der Waals surface area (Å²) < 4.78 is 4.84. The van der Waals surface area contributed by atoms with E-state index in [0.29, 0.717) is 12.1 Å². The van der Waals surface area contributed by atoms with Crippen LogP contribution in [0.25, 0.3) is 0 Å². The zero-order chi connectivity index (χ0) is 12.8. The second kappa shape index (κ2) is 6.00. The summed E-state index contributed by atoms with van der Waals surface area (Å²) in [7, 11) is 1.37. The van der Waals surface area contributed by atoms with Gasteiger partial charge in [0.05, 0.1) is 0 Å². The molecule has 0 saturated carbocycles. The summed E-state index contributed by atoms with van der Waals surface area (Å²) >= 11 is 0. The molecule has 1 atom stereocenters. The number of rotatable bonds is 5. The minimum Gasteiger partial charge on any atom is -0.479 e. The van der Waals surface area contributed by atoms with Gasteiger partial charge in [0.25, 0.3) is 0 Å². The van der Waals surface area contributed by atoms with Crippen LogP contribution in [0.3, 0.4) is 0 Å². The largest absolute Gasteiger partial charge is 0.479 e. The number of methoxy groups -OCH3 is 1. The number of hydrogen-bond donors (Lipinski definition) is 2. The highest BCUT2D eigenvalue weighted by molar-refractivity contribution is 5.88. The minimum absolute atomic E-state index is 0.141. The van der Waals surface area contributed by atoms with Crippen molar-refractivity contribution in [3.63, 3.8) is 0 Å². The molecule has 1 rings (SSSR count). The molecule has 0 saturated heterocycles. The van der Waals surface area contributed by atoms with Crippen LogP contribution >= 0.6 is 0 Å². The van der Waals surface area contributed by atoms with Crippen molar-refractivity contribution < 1.29 is 19.4 Å². The zero-order valence-electron chi connectivity index (χ0n) is 9.77. The molecule has 0 fully saturated rings. The zero-order valence-corrected chi connectivity index (χ0v) is 9.77. The predicted octanol–water partition coefficient (Wildman–Crippen LogP) is 1.29. The number of ether oxygens (including phenoxy) is 1. The number of amides is 1. The maximum Gasteiger partial charge on any atom is 0.333 e. The van der Waals surface area contributed by atoms with Crippen LogP contribution in [0.15, 0.2) is 24.3 Å². The molecule has 1 aromatic carbocycles. The molecular formula is C12H15NO4. The number of anilines is 1. The molecule has 0 spiro atoms. The highest BCUT2D eigenvalue weighted by Gasteiger charge is 2.16. The number of carbonyl (C=O) groups excluding carboxylic acids is 1. The number of carboxylic acids is 1. The quantitative estimate of drug-likeness (QED) is 0.809. The van der Waals surface area contributed by atoms with Crippen LogP contribution in [0.2, 0.25) is 0 Å². The lowest BCUT2D eigenvalue weighted by Crippen LogP contribution is -2.24. The van der Waals surface area contributed by atoms with Gasteiger partial charge >= 0.3 is 5.97 Å². The number of benzene rings is 1.